The molecule has 1 aromatic rings. The van der Waals surface area contributed by atoms with Crippen LogP contribution < -0.4 is 11.2 Å². The van der Waals surface area contributed by atoms with Gasteiger partial charge < -0.3 is 0 Å². The maximum absolute atomic E-state index is 11.7. The lowest BCUT2D eigenvalue weighted by molar-refractivity contribution is -0.325. The van der Waals surface area contributed by atoms with E-state index in [1.807, 2.05) is 0 Å². The third-order valence-electron chi connectivity index (χ3n) is 1.84. The van der Waals surface area contributed by atoms with Crippen molar-refractivity contribution in [1.82, 2.24) is 9.55 Å². The Morgan fingerprint density at radius 2 is 1.95 bits per heavy atom. The fourth-order valence-electron chi connectivity index (χ4n) is 1.09. The van der Waals surface area contributed by atoms with Gasteiger partial charge in [-0.1, -0.05) is 0 Å². The average molecular weight is 323 g/mol. The number of aromatic amines is 1. The Morgan fingerprint density at radius 3 is 2.42 bits per heavy atom. The van der Waals surface area contributed by atoms with Crippen molar-refractivity contribution in [2.75, 3.05) is 6.61 Å². The fourth-order valence-corrected chi connectivity index (χ4v) is 1.94. The molecule has 0 saturated heterocycles. The second-order valence-corrected chi connectivity index (χ2v) is 5.71. The first-order valence-corrected chi connectivity index (χ1v) is 6.81. The molecule has 0 atom stereocenters. The highest BCUT2D eigenvalue weighted by Gasteiger charge is 2.28. The van der Waals surface area contributed by atoms with Crippen LogP contribution in [0.15, 0.2) is 20.7 Å². The summed E-state index contributed by atoms with van der Waals surface area (Å²) in [4.78, 5) is 23.0. The summed E-state index contributed by atoms with van der Waals surface area (Å²) >= 11 is 0. The molecule has 0 radical (unpaired) electrons. The molecule has 0 aliphatic rings. The Bertz CT molecular complexity index is 677. The lowest BCUT2D eigenvalue weighted by Gasteiger charge is -2.09. The van der Waals surface area contributed by atoms with Gasteiger partial charge in [0.2, 0.25) is 0 Å². The van der Waals surface area contributed by atoms with Gasteiger partial charge >= 0.3 is 12.1 Å². The molecular formula is C7H6ClF3N2O5S. The quantitative estimate of drug-likeness (QED) is 0.787. The highest BCUT2D eigenvalue weighted by atomic mass is 35.7. The minimum atomic E-state index is -4.88. The van der Waals surface area contributed by atoms with Gasteiger partial charge in [-0.3, -0.25) is 19.1 Å². The van der Waals surface area contributed by atoms with Crippen LogP contribution >= 0.6 is 10.7 Å². The normalized spacial score (nSPS) is 12.6. The second kappa shape index (κ2) is 5.35. The first-order valence-electron chi connectivity index (χ1n) is 4.50. The van der Waals surface area contributed by atoms with Crippen LogP contribution in [0, 0.1) is 0 Å². The molecule has 1 heterocycles. The molecule has 0 amide bonds. The Morgan fingerprint density at radius 1 is 1.37 bits per heavy atom. The van der Waals surface area contributed by atoms with Crippen molar-refractivity contribution >= 4 is 19.7 Å². The summed E-state index contributed by atoms with van der Waals surface area (Å²) in [5, 5.41) is 0. The predicted octanol–water partition coefficient (Wildman–Crippen LogP) is 0.000500. The Hall–Kier alpha value is -1.33. The van der Waals surface area contributed by atoms with E-state index in [9.17, 15) is 31.2 Å². The number of hydrogen-bond donors (Lipinski definition) is 1. The van der Waals surface area contributed by atoms with Crippen LogP contribution in [0.4, 0.5) is 13.2 Å². The summed E-state index contributed by atoms with van der Waals surface area (Å²) in [6, 6.07) is 0. The Kier molecular flexibility index (Phi) is 4.43. The molecule has 0 aromatic carbocycles. The number of halogens is 4. The third-order valence-corrected chi connectivity index (χ3v) is 3.15. The molecule has 0 fully saturated rings. The summed E-state index contributed by atoms with van der Waals surface area (Å²) in [6.07, 6.45) is -4.34. The predicted molar refractivity (Wildman–Crippen MR) is 56.4 cm³/mol. The molecule has 0 saturated carbocycles. The van der Waals surface area contributed by atoms with E-state index >= 15 is 0 Å². The third kappa shape index (κ3) is 4.69. The molecule has 12 heteroatoms. The summed E-state index contributed by atoms with van der Waals surface area (Å²) in [5.74, 6) is 0. The summed E-state index contributed by atoms with van der Waals surface area (Å²) in [5.41, 5.74) is -2.34. The lowest BCUT2D eigenvalue weighted by atomic mass is 10.6. The molecule has 0 aliphatic heterocycles. The maximum atomic E-state index is 11.7. The molecule has 1 N–H and O–H groups in total. The van der Waals surface area contributed by atoms with E-state index in [0.717, 1.165) is 0 Å². The number of nitrogens with one attached hydrogen (secondary N) is 1. The average Bonchev–Trinajstić information content (AvgIpc) is 2.17. The zero-order chi connectivity index (χ0) is 14.8. The van der Waals surface area contributed by atoms with Gasteiger partial charge in [0.05, 0.1) is 13.2 Å². The lowest BCUT2D eigenvalue weighted by Crippen LogP contribution is -2.33. The van der Waals surface area contributed by atoms with Crippen molar-refractivity contribution in [1.29, 1.82) is 0 Å². The highest BCUT2D eigenvalue weighted by molar-refractivity contribution is 8.13. The van der Waals surface area contributed by atoms with Gasteiger partial charge in [-0.15, -0.1) is 13.2 Å². The van der Waals surface area contributed by atoms with Crippen molar-refractivity contribution in [2.45, 2.75) is 17.8 Å². The van der Waals surface area contributed by atoms with Crippen molar-refractivity contribution in [2.24, 2.45) is 0 Å². The highest BCUT2D eigenvalue weighted by Crippen LogP contribution is 2.15. The van der Waals surface area contributed by atoms with Gasteiger partial charge in [0.25, 0.3) is 14.6 Å². The molecule has 0 spiro atoms. The largest absolute Gasteiger partial charge is 0.522 e. The zero-order valence-electron chi connectivity index (χ0n) is 8.90. The van der Waals surface area contributed by atoms with Crippen LogP contribution in [0.5, 0.6) is 0 Å². The van der Waals surface area contributed by atoms with E-state index in [4.69, 9.17) is 10.7 Å². The molecular weight excluding hydrogens is 317 g/mol. The minimum absolute atomic E-state index is 0.530. The van der Waals surface area contributed by atoms with E-state index in [2.05, 4.69) is 4.74 Å². The summed E-state index contributed by atoms with van der Waals surface area (Å²) < 4.78 is 61.0. The molecule has 19 heavy (non-hydrogen) atoms. The van der Waals surface area contributed by atoms with E-state index in [1.165, 1.54) is 0 Å². The molecule has 7 nitrogen and oxygen atoms in total. The van der Waals surface area contributed by atoms with Crippen molar-refractivity contribution in [3.63, 3.8) is 0 Å². The molecule has 0 bridgehead atoms. The van der Waals surface area contributed by atoms with Gasteiger partial charge in [-0.05, 0) is 0 Å². The van der Waals surface area contributed by atoms with Gasteiger partial charge in [0, 0.05) is 16.9 Å². The van der Waals surface area contributed by atoms with E-state index < -0.39 is 44.7 Å². The summed E-state index contributed by atoms with van der Waals surface area (Å²) in [6.45, 7) is -1.55. The molecule has 108 valence electrons. The number of H-pyrrole nitrogens is 1. The zero-order valence-corrected chi connectivity index (χ0v) is 10.5. The number of alkyl halides is 3. The number of rotatable bonds is 4. The number of aromatic nitrogens is 2. The Balaban J connectivity index is 3.04. The SMILES string of the molecule is O=c1[nH]c(=O)n(CCOC(F)(F)F)cc1S(=O)(=O)Cl. The monoisotopic (exact) mass is 322 g/mol. The standard InChI is InChI=1S/C7H6ClF3N2O5S/c8-19(16,17)4-3-13(6(15)12-5(4)14)1-2-18-7(9,10)11/h3H,1-2H2,(H,12,14,15). The second-order valence-electron chi connectivity index (χ2n) is 3.18. The van der Waals surface area contributed by atoms with Crippen LogP contribution in [0.2, 0.25) is 0 Å². The topological polar surface area (TPSA) is 98.2 Å². The molecule has 1 aromatic heterocycles. The smallest absolute Gasteiger partial charge is 0.297 e. The van der Waals surface area contributed by atoms with E-state index in [-0.39, 0.29) is 0 Å². The minimum Gasteiger partial charge on any atom is -0.297 e. The van der Waals surface area contributed by atoms with Crippen LogP contribution in [-0.2, 0) is 20.3 Å². The van der Waals surface area contributed by atoms with Gasteiger partial charge in [-0.2, -0.15) is 0 Å². The number of hydrogen-bond acceptors (Lipinski definition) is 5. The first-order chi connectivity index (χ1) is 8.50. The van der Waals surface area contributed by atoms with Crippen LogP contribution in [0.3, 0.4) is 0 Å². The fraction of sp³-hybridized carbons (Fsp3) is 0.429. The van der Waals surface area contributed by atoms with Crippen LogP contribution in [-0.4, -0.2) is 30.9 Å². The van der Waals surface area contributed by atoms with Crippen molar-refractivity contribution in [3.05, 3.63) is 27.0 Å². The summed E-state index contributed by atoms with van der Waals surface area (Å²) in [7, 11) is 0.500. The number of ether oxygens (including phenoxy) is 1. The first kappa shape index (κ1) is 15.7. The maximum Gasteiger partial charge on any atom is 0.522 e. The Labute approximate surface area is 108 Å². The van der Waals surface area contributed by atoms with Crippen LogP contribution in [0.25, 0.3) is 0 Å². The molecule has 0 aliphatic carbocycles. The van der Waals surface area contributed by atoms with Gasteiger partial charge in [0.1, 0.15) is 0 Å². The van der Waals surface area contributed by atoms with Crippen molar-refractivity contribution in [3.8, 4) is 0 Å². The molecule has 0 unspecified atom stereocenters. The van der Waals surface area contributed by atoms with Gasteiger partial charge in [-0.25, -0.2) is 13.2 Å². The van der Waals surface area contributed by atoms with Crippen LogP contribution in [0.1, 0.15) is 0 Å². The van der Waals surface area contributed by atoms with E-state index in [1.54, 1.807) is 4.98 Å². The van der Waals surface area contributed by atoms with Crippen molar-refractivity contribution < 1.29 is 26.3 Å². The number of nitrogens with zero attached hydrogens (tertiary/aromatic N) is 1. The van der Waals surface area contributed by atoms with Gasteiger partial charge in [0.15, 0.2) is 4.90 Å². The van der Waals surface area contributed by atoms with E-state index in [0.29, 0.717) is 10.8 Å². The molecule has 1 rings (SSSR count).